The lowest BCUT2D eigenvalue weighted by molar-refractivity contribution is 0.0958. The Morgan fingerprint density at radius 2 is 1.69 bits per heavy atom. The van der Waals surface area contributed by atoms with Gasteiger partial charge in [-0.1, -0.05) is 65.4 Å². The van der Waals surface area contributed by atoms with Gasteiger partial charge in [-0.3, -0.25) is 4.79 Å². The van der Waals surface area contributed by atoms with E-state index < -0.39 is 0 Å². The van der Waals surface area contributed by atoms with Gasteiger partial charge in [-0.25, -0.2) is 0 Å². The fraction of sp³-hybridized carbons (Fsp3) is 0.174. The molecule has 0 bridgehead atoms. The van der Waals surface area contributed by atoms with Gasteiger partial charge in [-0.05, 0) is 37.4 Å². The summed E-state index contributed by atoms with van der Waals surface area (Å²) < 4.78 is 5.76. The van der Waals surface area contributed by atoms with Crippen molar-refractivity contribution in [3.63, 3.8) is 0 Å². The number of ether oxygens (including phenoxy) is 1. The van der Waals surface area contributed by atoms with Crippen molar-refractivity contribution in [1.82, 2.24) is 5.32 Å². The van der Waals surface area contributed by atoms with Crippen LogP contribution in [0.25, 0.3) is 10.8 Å². The first-order valence-corrected chi connectivity index (χ1v) is 8.56. The third-order valence-corrected chi connectivity index (χ3v) is 4.00. The SMILES string of the molecule is Cc1cc(C)cc(C(=O)NCC#CCOc2cccc3ccccc23)c1. The van der Waals surface area contributed by atoms with Gasteiger partial charge in [-0.2, -0.15) is 0 Å². The van der Waals surface area contributed by atoms with E-state index in [4.69, 9.17) is 4.74 Å². The van der Waals surface area contributed by atoms with E-state index in [1.807, 2.05) is 62.4 Å². The molecule has 0 spiro atoms. The van der Waals surface area contributed by atoms with Crippen molar-refractivity contribution in [1.29, 1.82) is 0 Å². The number of hydrogen-bond donors (Lipinski definition) is 1. The van der Waals surface area contributed by atoms with Crippen molar-refractivity contribution in [2.75, 3.05) is 13.2 Å². The molecule has 3 aromatic rings. The van der Waals surface area contributed by atoms with E-state index in [2.05, 4.69) is 29.3 Å². The largest absolute Gasteiger partial charge is 0.480 e. The fourth-order valence-corrected chi connectivity index (χ4v) is 2.88. The summed E-state index contributed by atoms with van der Waals surface area (Å²) in [6.07, 6.45) is 0. The molecule has 3 rings (SSSR count). The summed E-state index contributed by atoms with van der Waals surface area (Å²) in [6.45, 7) is 4.54. The zero-order valence-electron chi connectivity index (χ0n) is 15.0. The lowest BCUT2D eigenvalue weighted by Crippen LogP contribution is -2.23. The fourth-order valence-electron chi connectivity index (χ4n) is 2.88. The predicted octanol–water partition coefficient (Wildman–Crippen LogP) is 4.27. The molecule has 0 aromatic heterocycles. The smallest absolute Gasteiger partial charge is 0.252 e. The molecule has 0 radical (unpaired) electrons. The van der Waals surface area contributed by atoms with Crippen LogP contribution in [0.4, 0.5) is 0 Å². The third-order valence-electron chi connectivity index (χ3n) is 4.00. The first kappa shape index (κ1) is 17.6. The Balaban J connectivity index is 1.52. The molecule has 0 aliphatic carbocycles. The van der Waals surface area contributed by atoms with Gasteiger partial charge in [0, 0.05) is 10.9 Å². The standard InChI is InChI=1S/C23H21NO2/c1-17-14-18(2)16-20(15-17)23(25)24-12-5-6-13-26-22-11-7-9-19-8-3-4-10-21(19)22/h3-4,7-11,14-16H,12-13H2,1-2H3,(H,24,25). The predicted molar refractivity (Wildman–Crippen MR) is 105 cm³/mol. The number of benzene rings is 3. The molecule has 0 heterocycles. The highest BCUT2D eigenvalue weighted by Gasteiger charge is 2.05. The Kier molecular flexibility index (Phi) is 5.56. The second-order valence-electron chi connectivity index (χ2n) is 6.18. The summed E-state index contributed by atoms with van der Waals surface area (Å²) in [5.41, 5.74) is 2.81. The number of carbonyl (C=O) groups is 1. The van der Waals surface area contributed by atoms with E-state index in [9.17, 15) is 4.79 Å². The van der Waals surface area contributed by atoms with Gasteiger partial charge in [-0.15, -0.1) is 0 Å². The molecule has 3 aromatic carbocycles. The van der Waals surface area contributed by atoms with Crippen molar-refractivity contribution >= 4 is 16.7 Å². The van der Waals surface area contributed by atoms with Crippen molar-refractivity contribution in [3.05, 3.63) is 77.4 Å². The molecule has 0 unspecified atom stereocenters. The zero-order valence-corrected chi connectivity index (χ0v) is 15.0. The van der Waals surface area contributed by atoms with Crippen LogP contribution in [0, 0.1) is 25.7 Å². The minimum Gasteiger partial charge on any atom is -0.480 e. The second kappa shape index (κ2) is 8.22. The summed E-state index contributed by atoms with van der Waals surface area (Å²) in [4.78, 5) is 12.1. The molecule has 3 nitrogen and oxygen atoms in total. The first-order chi connectivity index (χ1) is 12.6. The maximum absolute atomic E-state index is 12.1. The van der Waals surface area contributed by atoms with Crippen LogP contribution >= 0.6 is 0 Å². The molecule has 0 saturated heterocycles. The van der Waals surface area contributed by atoms with E-state index in [1.165, 1.54) is 0 Å². The van der Waals surface area contributed by atoms with Gasteiger partial charge in [0.15, 0.2) is 0 Å². The van der Waals surface area contributed by atoms with Crippen molar-refractivity contribution in [2.24, 2.45) is 0 Å². The number of nitrogens with one attached hydrogen (secondary N) is 1. The molecule has 0 atom stereocenters. The molecule has 0 aliphatic rings. The normalized spacial score (nSPS) is 10.1. The van der Waals surface area contributed by atoms with Gasteiger partial charge >= 0.3 is 0 Å². The molecule has 0 saturated carbocycles. The average Bonchev–Trinajstić information content (AvgIpc) is 2.63. The first-order valence-electron chi connectivity index (χ1n) is 8.56. The highest BCUT2D eigenvalue weighted by molar-refractivity contribution is 5.94. The van der Waals surface area contributed by atoms with Crippen LogP contribution in [0.1, 0.15) is 21.5 Å². The van der Waals surface area contributed by atoms with E-state index in [1.54, 1.807) is 0 Å². The van der Waals surface area contributed by atoms with E-state index in [-0.39, 0.29) is 12.5 Å². The summed E-state index contributed by atoms with van der Waals surface area (Å²) >= 11 is 0. The number of rotatable bonds is 4. The van der Waals surface area contributed by atoms with Gasteiger partial charge < -0.3 is 10.1 Å². The van der Waals surface area contributed by atoms with Gasteiger partial charge in [0.2, 0.25) is 0 Å². The summed E-state index contributed by atoms with van der Waals surface area (Å²) in [7, 11) is 0. The molecule has 0 aliphatic heterocycles. The molecule has 130 valence electrons. The molecule has 0 fully saturated rings. The molecule has 3 heteroatoms. The van der Waals surface area contributed by atoms with E-state index in [0.717, 1.165) is 27.6 Å². The van der Waals surface area contributed by atoms with Gasteiger partial charge in [0.1, 0.15) is 12.4 Å². The van der Waals surface area contributed by atoms with Crippen LogP contribution in [0.15, 0.2) is 60.7 Å². The van der Waals surface area contributed by atoms with Crippen LogP contribution < -0.4 is 10.1 Å². The lowest BCUT2D eigenvalue weighted by atomic mass is 10.1. The summed E-state index contributed by atoms with van der Waals surface area (Å²) in [5.74, 6) is 6.57. The van der Waals surface area contributed by atoms with Crippen molar-refractivity contribution in [2.45, 2.75) is 13.8 Å². The Bertz CT molecular complexity index is 970. The zero-order chi connectivity index (χ0) is 18.4. The molecular weight excluding hydrogens is 322 g/mol. The molecular formula is C23H21NO2. The van der Waals surface area contributed by atoms with Crippen LogP contribution in [0.2, 0.25) is 0 Å². The van der Waals surface area contributed by atoms with Crippen LogP contribution in [0.5, 0.6) is 5.75 Å². The Morgan fingerprint density at radius 3 is 2.50 bits per heavy atom. The number of amides is 1. The van der Waals surface area contributed by atoms with Crippen LogP contribution in [-0.2, 0) is 0 Å². The van der Waals surface area contributed by atoms with Crippen molar-refractivity contribution in [3.8, 4) is 17.6 Å². The molecule has 26 heavy (non-hydrogen) atoms. The van der Waals surface area contributed by atoms with Crippen molar-refractivity contribution < 1.29 is 9.53 Å². The van der Waals surface area contributed by atoms with E-state index in [0.29, 0.717) is 12.1 Å². The highest BCUT2D eigenvalue weighted by Crippen LogP contribution is 2.24. The Labute approximate surface area is 154 Å². The Morgan fingerprint density at radius 1 is 0.962 bits per heavy atom. The minimum atomic E-state index is -0.110. The van der Waals surface area contributed by atoms with Crippen LogP contribution in [0.3, 0.4) is 0 Å². The summed E-state index contributed by atoms with van der Waals surface area (Å²) in [6, 6.07) is 19.8. The van der Waals surface area contributed by atoms with Gasteiger partial charge in [0.05, 0.1) is 6.54 Å². The molecule has 1 amide bonds. The maximum Gasteiger partial charge on any atom is 0.252 e. The average molecular weight is 343 g/mol. The minimum absolute atomic E-state index is 0.110. The van der Waals surface area contributed by atoms with E-state index >= 15 is 0 Å². The number of aryl methyl sites for hydroxylation is 2. The monoisotopic (exact) mass is 343 g/mol. The number of fused-ring (bicyclic) bond motifs is 1. The van der Waals surface area contributed by atoms with Gasteiger partial charge in [0.25, 0.3) is 5.91 Å². The molecule has 1 N–H and O–H groups in total. The van der Waals surface area contributed by atoms with Crippen LogP contribution in [-0.4, -0.2) is 19.1 Å². The lowest BCUT2D eigenvalue weighted by Gasteiger charge is -2.06. The summed E-state index contributed by atoms with van der Waals surface area (Å²) in [5, 5.41) is 5.02. The Hall–Kier alpha value is -3.25. The topological polar surface area (TPSA) is 38.3 Å². The number of carbonyl (C=O) groups excluding carboxylic acids is 1. The third kappa shape index (κ3) is 4.43. The maximum atomic E-state index is 12.1. The second-order valence-corrected chi connectivity index (χ2v) is 6.18. The highest BCUT2D eigenvalue weighted by atomic mass is 16.5. The quantitative estimate of drug-likeness (QED) is 0.719. The number of hydrogen-bond acceptors (Lipinski definition) is 2.